The minimum Gasteiger partial charge on any atom is -0.459 e. The van der Waals surface area contributed by atoms with E-state index in [1.54, 1.807) is 34.9 Å². The van der Waals surface area contributed by atoms with Gasteiger partial charge in [-0.3, -0.25) is 14.2 Å². The zero-order valence-corrected chi connectivity index (χ0v) is 19.8. The van der Waals surface area contributed by atoms with Gasteiger partial charge in [0.1, 0.15) is 0 Å². The molecule has 0 spiro atoms. The van der Waals surface area contributed by atoms with Crippen molar-refractivity contribution in [1.82, 2.24) is 20.1 Å². The Morgan fingerprint density at radius 2 is 1.86 bits per heavy atom. The SMILES string of the molecule is O=C(CSc1nnc(CNC(=O)c2ccco2)n1-c1cccc(Cl)c1)Nc1ccccc1C(F)(F)F. The molecule has 0 aliphatic carbocycles. The van der Waals surface area contributed by atoms with Crippen molar-refractivity contribution in [3.8, 4) is 5.69 Å². The molecule has 0 atom stereocenters. The van der Waals surface area contributed by atoms with Gasteiger partial charge in [-0.25, -0.2) is 0 Å². The molecule has 13 heteroatoms. The Morgan fingerprint density at radius 1 is 1.06 bits per heavy atom. The summed E-state index contributed by atoms with van der Waals surface area (Å²) >= 11 is 7.09. The molecule has 8 nitrogen and oxygen atoms in total. The highest BCUT2D eigenvalue weighted by Gasteiger charge is 2.33. The zero-order valence-electron chi connectivity index (χ0n) is 18.3. The third kappa shape index (κ3) is 6.07. The van der Waals surface area contributed by atoms with Gasteiger partial charge >= 0.3 is 6.18 Å². The van der Waals surface area contributed by atoms with Crippen molar-refractivity contribution in [2.75, 3.05) is 11.1 Å². The molecule has 4 rings (SSSR count). The molecular formula is C23H17ClF3N5O3S. The van der Waals surface area contributed by atoms with E-state index in [-0.39, 0.29) is 28.9 Å². The number of nitrogens with zero attached hydrogens (tertiary/aromatic N) is 3. The molecule has 0 saturated heterocycles. The Kier molecular flexibility index (Phi) is 7.65. The lowest BCUT2D eigenvalue weighted by atomic mass is 10.1. The van der Waals surface area contributed by atoms with Crippen LogP contribution in [0, 0.1) is 0 Å². The minimum absolute atomic E-state index is 0.0231. The molecule has 36 heavy (non-hydrogen) atoms. The number of carbonyl (C=O) groups is 2. The number of nitrogens with one attached hydrogen (secondary N) is 2. The summed E-state index contributed by atoms with van der Waals surface area (Å²) in [6.07, 6.45) is -3.24. The molecule has 0 saturated carbocycles. The lowest BCUT2D eigenvalue weighted by Crippen LogP contribution is -2.24. The van der Waals surface area contributed by atoms with Crippen LogP contribution in [0.1, 0.15) is 21.9 Å². The number of amides is 2. The maximum absolute atomic E-state index is 13.2. The quantitative estimate of drug-likeness (QED) is 0.301. The summed E-state index contributed by atoms with van der Waals surface area (Å²) < 4.78 is 46.3. The number of anilines is 1. The van der Waals surface area contributed by atoms with Crippen LogP contribution in [0.4, 0.5) is 18.9 Å². The second-order valence-electron chi connectivity index (χ2n) is 7.25. The van der Waals surface area contributed by atoms with Crippen LogP contribution < -0.4 is 10.6 Å². The number of hydrogen-bond acceptors (Lipinski definition) is 6. The average Bonchev–Trinajstić information content (AvgIpc) is 3.51. The molecular weight excluding hydrogens is 519 g/mol. The number of benzene rings is 2. The molecule has 186 valence electrons. The average molecular weight is 536 g/mol. The maximum atomic E-state index is 13.2. The van der Waals surface area contributed by atoms with E-state index in [1.165, 1.54) is 30.5 Å². The first-order valence-corrected chi connectivity index (χ1v) is 11.7. The summed E-state index contributed by atoms with van der Waals surface area (Å²) in [6, 6.07) is 14.6. The summed E-state index contributed by atoms with van der Waals surface area (Å²) in [6.45, 7) is -0.0231. The van der Waals surface area contributed by atoms with E-state index in [0.29, 0.717) is 16.5 Å². The van der Waals surface area contributed by atoms with Crippen molar-refractivity contribution in [3.63, 3.8) is 0 Å². The number of hydrogen-bond donors (Lipinski definition) is 2. The van der Waals surface area contributed by atoms with E-state index in [9.17, 15) is 22.8 Å². The lowest BCUT2D eigenvalue weighted by molar-refractivity contribution is -0.137. The molecule has 2 amide bonds. The number of furan rings is 1. The van der Waals surface area contributed by atoms with Crippen LogP contribution in [0.5, 0.6) is 0 Å². The molecule has 0 aliphatic rings. The van der Waals surface area contributed by atoms with Crippen molar-refractivity contribution >= 4 is 40.9 Å². The fourth-order valence-electron chi connectivity index (χ4n) is 3.19. The van der Waals surface area contributed by atoms with Gasteiger partial charge in [0.15, 0.2) is 16.7 Å². The normalized spacial score (nSPS) is 11.3. The van der Waals surface area contributed by atoms with E-state index in [2.05, 4.69) is 20.8 Å². The summed E-state index contributed by atoms with van der Waals surface area (Å²) in [7, 11) is 0. The van der Waals surface area contributed by atoms with Gasteiger partial charge in [0.2, 0.25) is 5.91 Å². The van der Waals surface area contributed by atoms with Crippen LogP contribution >= 0.6 is 23.4 Å². The van der Waals surface area contributed by atoms with Crippen molar-refractivity contribution in [1.29, 1.82) is 0 Å². The minimum atomic E-state index is -4.61. The van der Waals surface area contributed by atoms with E-state index in [0.717, 1.165) is 17.8 Å². The fraction of sp³-hybridized carbons (Fsp3) is 0.130. The van der Waals surface area contributed by atoms with Crippen molar-refractivity contribution in [2.45, 2.75) is 17.9 Å². The summed E-state index contributed by atoms with van der Waals surface area (Å²) in [5.41, 5.74) is -0.715. The largest absolute Gasteiger partial charge is 0.459 e. The highest BCUT2D eigenvalue weighted by Crippen LogP contribution is 2.34. The Labute approximate surface area is 211 Å². The zero-order chi connectivity index (χ0) is 25.7. The Morgan fingerprint density at radius 3 is 2.58 bits per heavy atom. The van der Waals surface area contributed by atoms with Crippen LogP contribution in [0.25, 0.3) is 5.69 Å². The monoisotopic (exact) mass is 535 g/mol. The first kappa shape index (κ1) is 25.3. The molecule has 0 fully saturated rings. The lowest BCUT2D eigenvalue weighted by Gasteiger charge is -2.14. The Bertz CT molecular complexity index is 1380. The second-order valence-corrected chi connectivity index (χ2v) is 8.63. The smallest absolute Gasteiger partial charge is 0.418 e. The fourth-order valence-corrected chi connectivity index (χ4v) is 4.15. The highest BCUT2D eigenvalue weighted by molar-refractivity contribution is 7.99. The summed E-state index contributed by atoms with van der Waals surface area (Å²) in [5.74, 6) is -0.914. The van der Waals surface area contributed by atoms with Crippen LogP contribution in [0.15, 0.2) is 76.5 Å². The van der Waals surface area contributed by atoms with Crippen molar-refractivity contribution in [2.24, 2.45) is 0 Å². The van der Waals surface area contributed by atoms with Crippen LogP contribution in [-0.4, -0.2) is 32.3 Å². The number of para-hydroxylation sites is 1. The molecule has 0 radical (unpaired) electrons. The number of rotatable bonds is 8. The van der Waals surface area contributed by atoms with Gasteiger partial charge in [-0.2, -0.15) is 13.2 Å². The van der Waals surface area contributed by atoms with Crippen LogP contribution in [0.3, 0.4) is 0 Å². The number of halogens is 4. The topological polar surface area (TPSA) is 102 Å². The van der Waals surface area contributed by atoms with Crippen molar-refractivity contribution in [3.05, 3.63) is 89.1 Å². The predicted octanol–water partition coefficient (Wildman–Crippen LogP) is 5.19. The Hall–Kier alpha value is -3.77. The summed E-state index contributed by atoms with van der Waals surface area (Å²) in [4.78, 5) is 24.7. The van der Waals surface area contributed by atoms with Gasteiger partial charge < -0.3 is 15.1 Å². The molecule has 0 unspecified atom stereocenters. The van der Waals surface area contributed by atoms with Crippen molar-refractivity contribution < 1.29 is 27.2 Å². The van der Waals surface area contributed by atoms with E-state index < -0.39 is 23.6 Å². The number of alkyl halides is 3. The molecule has 2 aromatic carbocycles. The predicted molar refractivity (Wildman–Crippen MR) is 127 cm³/mol. The standard InChI is InChI=1S/C23H17ClF3N5O3S/c24-14-5-3-6-15(11-14)32-19(12-28-21(34)18-9-4-10-35-18)30-31-22(32)36-13-20(33)29-17-8-2-1-7-16(17)23(25,26)27/h1-11H,12-13H2,(H,28,34)(H,29,33). The Balaban J connectivity index is 1.51. The van der Waals surface area contributed by atoms with E-state index >= 15 is 0 Å². The number of carbonyl (C=O) groups excluding carboxylic acids is 2. The van der Waals surface area contributed by atoms with Gasteiger partial charge in [-0.15, -0.1) is 10.2 Å². The first-order chi connectivity index (χ1) is 17.2. The van der Waals surface area contributed by atoms with Gasteiger partial charge in [0, 0.05) is 5.02 Å². The molecule has 2 aromatic heterocycles. The molecule has 2 N–H and O–H groups in total. The van der Waals surface area contributed by atoms with Gasteiger partial charge in [0.25, 0.3) is 5.91 Å². The first-order valence-electron chi connectivity index (χ1n) is 10.3. The third-order valence-corrected chi connectivity index (χ3v) is 5.92. The maximum Gasteiger partial charge on any atom is 0.418 e. The van der Waals surface area contributed by atoms with Gasteiger partial charge in [0.05, 0.1) is 35.5 Å². The van der Waals surface area contributed by atoms with E-state index in [1.807, 2.05) is 0 Å². The second kappa shape index (κ2) is 10.9. The van der Waals surface area contributed by atoms with Crippen LogP contribution in [-0.2, 0) is 17.5 Å². The molecule has 0 aliphatic heterocycles. The van der Waals surface area contributed by atoms with Crippen LogP contribution in [0.2, 0.25) is 5.02 Å². The van der Waals surface area contributed by atoms with E-state index in [4.69, 9.17) is 16.0 Å². The molecule has 4 aromatic rings. The van der Waals surface area contributed by atoms with Gasteiger partial charge in [-0.05, 0) is 42.5 Å². The number of aromatic nitrogens is 3. The highest BCUT2D eigenvalue weighted by atomic mass is 35.5. The summed E-state index contributed by atoms with van der Waals surface area (Å²) in [5, 5.41) is 13.9. The molecule has 0 bridgehead atoms. The van der Waals surface area contributed by atoms with Gasteiger partial charge in [-0.1, -0.05) is 41.6 Å². The number of thioether (sulfide) groups is 1. The third-order valence-electron chi connectivity index (χ3n) is 4.76. The molecule has 2 heterocycles.